The first-order valence-electron chi connectivity index (χ1n) is 9.20. The Morgan fingerprint density at radius 2 is 2.33 bits per heavy atom. The monoisotopic (exact) mass is 363 g/mol. The topological polar surface area (TPSA) is 93.1 Å². The number of rotatable bonds is 5. The summed E-state index contributed by atoms with van der Waals surface area (Å²) in [6.45, 7) is 2.49. The van der Waals surface area contributed by atoms with Crippen molar-refractivity contribution in [2.75, 3.05) is 11.4 Å². The van der Waals surface area contributed by atoms with Crippen LogP contribution in [0.5, 0.6) is 0 Å². The Morgan fingerprint density at radius 1 is 1.52 bits per heavy atom. The number of nitrogens with zero attached hydrogens (tertiary/aromatic N) is 4. The maximum absolute atomic E-state index is 12.1. The van der Waals surface area contributed by atoms with E-state index in [0.29, 0.717) is 18.8 Å². The Bertz CT molecular complexity index is 966. The first-order chi connectivity index (χ1) is 13.1. The van der Waals surface area contributed by atoms with Crippen LogP contribution in [0.3, 0.4) is 0 Å². The highest BCUT2D eigenvalue weighted by Gasteiger charge is 2.31. The lowest BCUT2D eigenvalue weighted by molar-refractivity contribution is -0.131. The van der Waals surface area contributed by atoms with Crippen LogP contribution in [0.15, 0.2) is 24.4 Å². The van der Waals surface area contributed by atoms with E-state index in [-0.39, 0.29) is 24.4 Å². The van der Waals surface area contributed by atoms with Crippen molar-refractivity contribution in [1.82, 2.24) is 14.9 Å². The number of carbonyl (C=O) groups is 2. The summed E-state index contributed by atoms with van der Waals surface area (Å²) in [5.41, 5.74) is 2.94. The number of aromatic amines is 1. The van der Waals surface area contributed by atoms with Crippen molar-refractivity contribution >= 4 is 34.7 Å². The summed E-state index contributed by atoms with van der Waals surface area (Å²) >= 11 is 0. The average Bonchev–Trinajstić information content (AvgIpc) is 3.37. The van der Waals surface area contributed by atoms with Gasteiger partial charge in [-0.1, -0.05) is 6.08 Å². The molecule has 2 aromatic heterocycles. The normalized spacial score (nSPS) is 19.5. The Balaban J connectivity index is 1.71. The molecule has 1 aliphatic heterocycles. The number of amides is 2. The predicted molar refractivity (Wildman–Crippen MR) is 102 cm³/mol. The maximum atomic E-state index is 12.1. The van der Waals surface area contributed by atoms with Crippen LogP contribution in [0.1, 0.15) is 38.2 Å². The molecule has 2 aliphatic rings. The molecule has 1 saturated carbocycles. The van der Waals surface area contributed by atoms with Gasteiger partial charge < -0.3 is 9.88 Å². The second-order valence-electron chi connectivity index (χ2n) is 7.18. The van der Waals surface area contributed by atoms with Gasteiger partial charge in [-0.2, -0.15) is 5.26 Å². The molecule has 0 unspecified atom stereocenters. The molecule has 7 heteroatoms. The van der Waals surface area contributed by atoms with Crippen LogP contribution in [0.2, 0.25) is 0 Å². The molecule has 7 nitrogen and oxygen atoms in total. The van der Waals surface area contributed by atoms with Crippen molar-refractivity contribution in [3.8, 4) is 6.07 Å². The number of carbonyl (C=O) groups excluding carboxylic acids is 2. The van der Waals surface area contributed by atoms with Gasteiger partial charge in [0.25, 0.3) is 0 Å². The summed E-state index contributed by atoms with van der Waals surface area (Å²) in [6.07, 6.45) is 7.38. The molecular formula is C20H21N5O2. The molecule has 4 rings (SSSR count). The van der Waals surface area contributed by atoms with Crippen LogP contribution >= 0.6 is 0 Å². The molecule has 0 radical (unpaired) electrons. The number of aromatic nitrogens is 2. The third kappa shape index (κ3) is 3.19. The number of nitrogens with one attached hydrogen (secondary N) is 1. The van der Waals surface area contributed by atoms with Crippen LogP contribution in [0.25, 0.3) is 16.6 Å². The summed E-state index contributed by atoms with van der Waals surface area (Å²) in [5.74, 6) is 0.525. The van der Waals surface area contributed by atoms with E-state index < -0.39 is 0 Å². The standard InChI is InChI=1S/C20H21N5O2/c1-13-10-14(6-9-24(13)19(27)4-7-21)17-11-18(25(12-26)15-2-3-15)23-20-16(17)5-8-22-20/h5-6,8,11-13,15H,2-4,9-10H2,1H3,(H,22,23)/t13-/m0/s1. The highest BCUT2D eigenvalue weighted by atomic mass is 16.2. The molecule has 0 aromatic carbocycles. The summed E-state index contributed by atoms with van der Waals surface area (Å²) in [5, 5.41) is 9.79. The highest BCUT2D eigenvalue weighted by molar-refractivity contribution is 5.94. The SMILES string of the molecule is C[C@H]1CC(c2cc(N(C=O)C3CC3)nc3[nH]ccc23)=CCN1C(=O)CC#N. The highest BCUT2D eigenvalue weighted by Crippen LogP contribution is 2.36. The lowest BCUT2D eigenvalue weighted by Crippen LogP contribution is -2.40. The number of pyridine rings is 1. The molecule has 0 bridgehead atoms. The van der Waals surface area contributed by atoms with Gasteiger partial charge in [-0.05, 0) is 49.5 Å². The van der Waals surface area contributed by atoms with Gasteiger partial charge in [0.2, 0.25) is 12.3 Å². The molecule has 2 aromatic rings. The Morgan fingerprint density at radius 3 is 3.00 bits per heavy atom. The fourth-order valence-corrected chi connectivity index (χ4v) is 3.74. The molecule has 0 saturated heterocycles. The second-order valence-corrected chi connectivity index (χ2v) is 7.18. The van der Waals surface area contributed by atoms with Gasteiger partial charge in [0.15, 0.2) is 0 Å². The summed E-state index contributed by atoms with van der Waals surface area (Å²) < 4.78 is 0. The predicted octanol–water partition coefficient (Wildman–Crippen LogP) is 2.61. The zero-order valence-corrected chi connectivity index (χ0v) is 15.2. The molecule has 27 heavy (non-hydrogen) atoms. The van der Waals surface area contributed by atoms with Crippen LogP contribution < -0.4 is 4.90 Å². The van der Waals surface area contributed by atoms with E-state index in [1.807, 2.05) is 37.4 Å². The fraction of sp³-hybridized carbons (Fsp3) is 0.400. The molecule has 2 amide bonds. The van der Waals surface area contributed by atoms with Crippen molar-refractivity contribution in [1.29, 1.82) is 5.26 Å². The lowest BCUT2D eigenvalue weighted by Gasteiger charge is -2.33. The number of hydrogen-bond donors (Lipinski definition) is 1. The van der Waals surface area contributed by atoms with E-state index in [1.54, 1.807) is 9.80 Å². The van der Waals surface area contributed by atoms with Crippen molar-refractivity contribution in [2.24, 2.45) is 0 Å². The first-order valence-corrected chi connectivity index (χ1v) is 9.20. The second kappa shape index (κ2) is 6.88. The van der Waals surface area contributed by atoms with E-state index in [2.05, 4.69) is 9.97 Å². The van der Waals surface area contributed by atoms with Crippen LogP contribution in [0.4, 0.5) is 5.82 Å². The van der Waals surface area contributed by atoms with Crippen molar-refractivity contribution < 1.29 is 9.59 Å². The van der Waals surface area contributed by atoms with Gasteiger partial charge in [-0.15, -0.1) is 0 Å². The van der Waals surface area contributed by atoms with Crippen molar-refractivity contribution in [3.63, 3.8) is 0 Å². The quantitative estimate of drug-likeness (QED) is 0.826. The third-order valence-electron chi connectivity index (χ3n) is 5.31. The molecule has 1 atom stereocenters. The maximum Gasteiger partial charge on any atom is 0.237 e. The molecule has 138 valence electrons. The molecular weight excluding hydrogens is 342 g/mol. The number of anilines is 1. The number of nitriles is 1. The van der Waals surface area contributed by atoms with E-state index in [9.17, 15) is 9.59 Å². The van der Waals surface area contributed by atoms with E-state index >= 15 is 0 Å². The third-order valence-corrected chi connectivity index (χ3v) is 5.31. The van der Waals surface area contributed by atoms with E-state index in [0.717, 1.165) is 41.4 Å². The zero-order valence-electron chi connectivity index (χ0n) is 15.2. The van der Waals surface area contributed by atoms with Crippen molar-refractivity contribution in [2.45, 2.75) is 44.7 Å². The smallest absolute Gasteiger partial charge is 0.237 e. The van der Waals surface area contributed by atoms with E-state index in [1.165, 1.54) is 0 Å². The lowest BCUT2D eigenvalue weighted by atomic mass is 9.93. The van der Waals surface area contributed by atoms with Gasteiger partial charge in [0, 0.05) is 30.2 Å². The van der Waals surface area contributed by atoms with Crippen LogP contribution in [0, 0.1) is 11.3 Å². The van der Waals surface area contributed by atoms with Gasteiger partial charge in [-0.3, -0.25) is 14.5 Å². The summed E-state index contributed by atoms with van der Waals surface area (Å²) in [6, 6.07) is 6.16. The number of fused-ring (bicyclic) bond motifs is 1. The minimum atomic E-state index is -0.136. The van der Waals surface area contributed by atoms with E-state index in [4.69, 9.17) is 5.26 Å². The molecule has 1 N–H and O–H groups in total. The van der Waals surface area contributed by atoms with Crippen LogP contribution in [-0.2, 0) is 9.59 Å². The Kier molecular flexibility index (Phi) is 4.40. The molecule has 3 heterocycles. The Hall–Kier alpha value is -3.14. The zero-order chi connectivity index (χ0) is 19.0. The summed E-state index contributed by atoms with van der Waals surface area (Å²) in [7, 11) is 0. The van der Waals surface area contributed by atoms with Gasteiger partial charge >= 0.3 is 0 Å². The van der Waals surface area contributed by atoms with Gasteiger partial charge in [0.1, 0.15) is 17.9 Å². The average molecular weight is 363 g/mol. The first kappa shape index (κ1) is 17.3. The largest absolute Gasteiger partial charge is 0.346 e. The van der Waals surface area contributed by atoms with Gasteiger partial charge in [-0.25, -0.2) is 4.98 Å². The minimum Gasteiger partial charge on any atom is -0.346 e. The van der Waals surface area contributed by atoms with Gasteiger partial charge in [0.05, 0.1) is 6.07 Å². The fourth-order valence-electron chi connectivity index (χ4n) is 3.74. The Labute approximate surface area is 157 Å². The minimum absolute atomic E-state index is 0.0158. The van der Waals surface area contributed by atoms with Crippen LogP contribution in [-0.4, -0.2) is 45.8 Å². The molecule has 1 aliphatic carbocycles. The summed E-state index contributed by atoms with van der Waals surface area (Å²) in [4.78, 5) is 34.9. The van der Waals surface area contributed by atoms with Crippen molar-refractivity contribution in [3.05, 3.63) is 30.0 Å². The molecule has 1 fully saturated rings. The number of H-pyrrole nitrogens is 1. The molecule has 0 spiro atoms. The number of hydrogen-bond acceptors (Lipinski definition) is 4.